The number of rotatable bonds is 4. The average molecular weight is 344 g/mol. The van der Waals surface area contributed by atoms with Gasteiger partial charge in [0.25, 0.3) is 0 Å². The Balaban J connectivity index is 1.98. The molecule has 3 heterocycles. The molecular weight excluding hydrogens is 328 g/mol. The standard InChI is InChI=1S/C19H16N6O/c1-20-19-15-6-13(14-9-22-11-23-10-14)7-16(26-2)17(15)24-18(25-19)12-4-3-5-21-8-12/h3-11H,1-2H3,(H,20,24,25). The van der Waals surface area contributed by atoms with Gasteiger partial charge < -0.3 is 10.1 Å². The maximum atomic E-state index is 5.61. The SMILES string of the molecule is CNc1nc(-c2cccnc2)nc2c(OC)cc(-c3cncnc3)cc12. The van der Waals surface area contributed by atoms with E-state index in [-0.39, 0.29) is 0 Å². The van der Waals surface area contributed by atoms with Crippen LogP contribution in [0.1, 0.15) is 0 Å². The van der Waals surface area contributed by atoms with Crippen LogP contribution >= 0.6 is 0 Å². The molecule has 3 aromatic heterocycles. The first-order valence-electron chi connectivity index (χ1n) is 8.03. The van der Waals surface area contributed by atoms with E-state index in [1.165, 1.54) is 6.33 Å². The molecule has 4 rings (SSSR count). The molecule has 0 atom stereocenters. The van der Waals surface area contributed by atoms with Crippen molar-refractivity contribution in [3.8, 4) is 28.3 Å². The quantitative estimate of drug-likeness (QED) is 0.608. The van der Waals surface area contributed by atoms with Gasteiger partial charge in [-0.15, -0.1) is 0 Å². The van der Waals surface area contributed by atoms with Crippen LogP contribution in [-0.2, 0) is 0 Å². The molecule has 0 radical (unpaired) electrons. The molecule has 0 saturated heterocycles. The summed E-state index contributed by atoms with van der Waals surface area (Å²) >= 11 is 0. The Labute approximate surface area is 150 Å². The predicted octanol–water partition coefficient (Wildman–Crippen LogP) is 3.20. The van der Waals surface area contributed by atoms with E-state index in [9.17, 15) is 0 Å². The van der Waals surface area contributed by atoms with Gasteiger partial charge in [0.05, 0.1) is 7.11 Å². The van der Waals surface area contributed by atoms with Gasteiger partial charge in [-0.05, 0) is 29.8 Å². The normalized spacial score (nSPS) is 10.7. The lowest BCUT2D eigenvalue weighted by molar-refractivity contribution is 0.419. The van der Waals surface area contributed by atoms with Gasteiger partial charge in [-0.25, -0.2) is 19.9 Å². The van der Waals surface area contributed by atoms with Gasteiger partial charge in [0.15, 0.2) is 5.82 Å². The van der Waals surface area contributed by atoms with Crippen molar-refractivity contribution in [2.75, 3.05) is 19.5 Å². The third-order valence-electron chi connectivity index (χ3n) is 4.04. The van der Waals surface area contributed by atoms with E-state index in [1.807, 2.05) is 31.3 Å². The smallest absolute Gasteiger partial charge is 0.163 e. The van der Waals surface area contributed by atoms with Gasteiger partial charge in [-0.1, -0.05) is 0 Å². The molecule has 0 aliphatic rings. The number of benzene rings is 1. The predicted molar refractivity (Wildman–Crippen MR) is 99.9 cm³/mol. The molecule has 0 aliphatic heterocycles. The summed E-state index contributed by atoms with van der Waals surface area (Å²) in [6, 6.07) is 7.73. The highest BCUT2D eigenvalue weighted by Crippen LogP contribution is 2.35. The van der Waals surface area contributed by atoms with E-state index in [4.69, 9.17) is 9.72 Å². The lowest BCUT2D eigenvalue weighted by Gasteiger charge is -2.13. The molecule has 7 heteroatoms. The van der Waals surface area contributed by atoms with Gasteiger partial charge in [0.1, 0.15) is 23.4 Å². The topological polar surface area (TPSA) is 85.7 Å². The summed E-state index contributed by atoms with van der Waals surface area (Å²) in [4.78, 5) is 21.7. The lowest BCUT2D eigenvalue weighted by Crippen LogP contribution is -2.01. The second kappa shape index (κ2) is 6.72. The van der Waals surface area contributed by atoms with Crippen LogP contribution in [0.2, 0.25) is 0 Å². The third kappa shape index (κ3) is 2.79. The maximum absolute atomic E-state index is 5.61. The number of methoxy groups -OCH3 is 1. The van der Waals surface area contributed by atoms with Crippen LogP contribution in [0.5, 0.6) is 5.75 Å². The molecule has 0 unspecified atom stereocenters. The first-order chi connectivity index (χ1) is 12.8. The highest BCUT2D eigenvalue weighted by Gasteiger charge is 2.15. The van der Waals surface area contributed by atoms with Gasteiger partial charge in [0.2, 0.25) is 0 Å². The fraction of sp³-hybridized carbons (Fsp3) is 0.105. The van der Waals surface area contributed by atoms with Crippen molar-refractivity contribution in [2.24, 2.45) is 0 Å². The van der Waals surface area contributed by atoms with Crippen LogP contribution in [-0.4, -0.2) is 39.1 Å². The van der Waals surface area contributed by atoms with Crippen molar-refractivity contribution in [1.29, 1.82) is 0 Å². The number of anilines is 1. The molecule has 0 bridgehead atoms. The van der Waals surface area contributed by atoms with Crippen molar-refractivity contribution in [1.82, 2.24) is 24.9 Å². The van der Waals surface area contributed by atoms with Crippen molar-refractivity contribution in [3.63, 3.8) is 0 Å². The van der Waals surface area contributed by atoms with Gasteiger partial charge in [0, 0.05) is 48.3 Å². The fourth-order valence-corrected chi connectivity index (χ4v) is 2.79. The molecule has 7 nitrogen and oxygen atoms in total. The Bertz CT molecular complexity index is 967. The van der Waals surface area contributed by atoms with Crippen LogP contribution in [0.15, 0.2) is 55.4 Å². The number of fused-ring (bicyclic) bond motifs is 1. The minimum atomic E-state index is 0.587. The fourth-order valence-electron chi connectivity index (χ4n) is 2.79. The van der Waals surface area contributed by atoms with Crippen LogP contribution in [0.3, 0.4) is 0 Å². The average Bonchev–Trinajstić information content (AvgIpc) is 2.73. The van der Waals surface area contributed by atoms with Crippen LogP contribution in [0, 0.1) is 0 Å². The van der Waals surface area contributed by atoms with E-state index < -0.39 is 0 Å². The second-order valence-electron chi connectivity index (χ2n) is 5.59. The number of aromatic nitrogens is 5. The number of nitrogens with zero attached hydrogens (tertiary/aromatic N) is 5. The molecule has 0 amide bonds. The summed E-state index contributed by atoms with van der Waals surface area (Å²) in [5, 5.41) is 4.01. The van der Waals surface area contributed by atoms with Crippen molar-refractivity contribution in [3.05, 3.63) is 55.4 Å². The monoisotopic (exact) mass is 344 g/mol. The molecule has 26 heavy (non-hydrogen) atoms. The summed E-state index contributed by atoms with van der Waals surface area (Å²) in [5.41, 5.74) is 3.40. The minimum absolute atomic E-state index is 0.587. The molecule has 0 aliphatic carbocycles. The van der Waals surface area contributed by atoms with Crippen LogP contribution in [0.25, 0.3) is 33.4 Å². The molecule has 0 fully saturated rings. The van der Waals surface area contributed by atoms with Crippen molar-refractivity contribution >= 4 is 16.7 Å². The van der Waals surface area contributed by atoms with Crippen molar-refractivity contribution < 1.29 is 4.74 Å². The zero-order valence-corrected chi connectivity index (χ0v) is 14.3. The Hall–Kier alpha value is -3.61. The third-order valence-corrected chi connectivity index (χ3v) is 4.04. The number of nitrogens with one attached hydrogen (secondary N) is 1. The second-order valence-corrected chi connectivity index (χ2v) is 5.59. The van der Waals surface area contributed by atoms with E-state index in [0.717, 1.165) is 27.6 Å². The Morgan fingerprint density at radius 1 is 0.923 bits per heavy atom. The molecule has 128 valence electrons. The molecular formula is C19H16N6O. The maximum Gasteiger partial charge on any atom is 0.163 e. The number of ether oxygens (including phenoxy) is 1. The summed E-state index contributed by atoms with van der Waals surface area (Å²) in [7, 11) is 3.46. The van der Waals surface area contributed by atoms with E-state index >= 15 is 0 Å². The molecule has 0 saturated carbocycles. The number of hydrogen-bond donors (Lipinski definition) is 1. The number of pyridine rings is 1. The minimum Gasteiger partial charge on any atom is -0.494 e. The number of hydrogen-bond acceptors (Lipinski definition) is 7. The Morgan fingerprint density at radius 3 is 2.42 bits per heavy atom. The van der Waals surface area contributed by atoms with Crippen LogP contribution in [0.4, 0.5) is 5.82 Å². The zero-order valence-electron chi connectivity index (χ0n) is 14.3. The van der Waals surface area contributed by atoms with E-state index in [2.05, 4.69) is 25.3 Å². The first-order valence-corrected chi connectivity index (χ1v) is 8.03. The van der Waals surface area contributed by atoms with E-state index in [1.54, 1.807) is 31.9 Å². The Kier molecular flexibility index (Phi) is 4.10. The molecule has 4 aromatic rings. The molecule has 0 spiro atoms. The summed E-state index contributed by atoms with van der Waals surface area (Å²) in [6.45, 7) is 0. The van der Waals surface area contributed by atoms with E-state index in [0.29, 0.717) is 17.4 Å². The summed E-state index contributed by atoms with van der Waals surface area (Å²) in [6.07, 6.45) is 8.49. The Morgan fingerprint density at radius 2 is 1.73 bits per heavy atom. The first kappa shape index (κ1) is 15.9. The lowest BCUT2D eigenvalue weighted by atomic mass is 10.0. The van der Waals surface area contributed by atoms with Crippen molar-refractivity contribution in [2.45, 2.75) is 0 Å². The van der Waals surface area contributed by atoms with Gasteiger partial charge >= 0.3 is 0 Å². The van der Waals surface area contributed by atoms with Crippen LogP contribution < -0.4 is 10.1 Å². The summed E-state index contributed by atoms with van der Waals surface area (Å²) < 4.78 is 5.61. The largest absolute Gasteiger partial charge is 0.494 e. The van der Waals surface area contributed by atoms with Gasteiger partial charge in [-0.3, -0.25) is 4.98 Å². The zero-order chi connectivity index (χ0) is 17.9. The molecule has 1 N–H and O–H groups in total. The summed E-state index contributed by atoms with van der Waals surface area (Å²) in [5.74, 6) is 1.96. The van der Waals surface area contributed by atoms with Gasteiger partial charge in [-0.2, -0.15) is 0 Å². The highest BCUT2D eigenvalue weighted by atomic mass is 16.5. The highest BCUT2D eigenvalue weighted by molar-refractivity contribution is 5.97. The molecule has 1 aromatic carbocycles.